The van der Waals surface area contributed by atoms with Crippen LogP contribution >= 0.6 is 11.3 Å². The molecule has 1 saturated heterocycles. The van der Waals surface area contributed by atoms with Gasteiger partial charge in [-0.15, -0.1) is 11.3 Å². The van der Waals surface area contributed by atoms with E-state index in [1.54, 1.807) is 10.3 Å². The highest BCUT2D eigenvalue weighted by atomic mass is 32.1. The maximum Gasteiger partial charge on any atom is 0.273 e. The Morgan fingerprint density at radius 3 is 2.57 bits per heavy atom. The fourth-order valence-electron chi connectivity index (χ4n) is 3.17. The van der Waals surface area contributed by atoms with E-state index >= 15 is 0 Å². The molecule has 2 heterocycles. The van der Waals surface area contributed by atoms with Crippen LogP contribution in [0.15, 0.2) is 53.9 Å². The van der Waals surface area contributed by atoms with Crippen LogP contribution in [-0.2, 0) is 0 Å². The number of halogens is 2. The number of amides is 1. The van der Waals surface area contributed by atoms with Crippen LogP contribution < -0.4 is 4.74 Å². The molecule has 0 aliphatic carbocycles. The summed E-state index contributed by atoms with van der Waals surface area (Å²) in [6.07, 6.45) is 0.954. The highest BCUT2D eigenvalue weighted by Gasteiger charge is 2.26. The summed E-state index contributed by atoms with van der Waals surface area (Å²) in [4.78, 5) is 18.9. The molecule has 1 fully saturated rings. The highest BCUT2D eigenvalue weighted by Crippen LogP contribution is 2.26. The van der Waals surface area contributed by atoms with Crippen LogP contribution in [0.25, 0.3) is 10.6 Å². The summed E-state index contributed by atoms with van der Waals surface area (Å²) in [6.45, 7) is 1.01. The minimum absolute atomic E-state index is 0.0400. The SMILES string of the molecule is O=C(c1csc(-c2ccccc2)n1)N1CCC(Oc2ccc(F)cc2F)CC1. The van der Waals surface area contributed by atoms with E-state index in [0.717, 1.165) is 16.6 Å². The number of benzene rings is 2. The molecule has 1 aliphatic heterocycles. The molecule has 0 atom stereocenters. The first-order valence-corrected chi connectivity index (χ1v) is 9.90. The minimum atomic E-state index is -0.713. The quantitative estimate of drug-likeness (QED) is 0.633. The maximum atomic E-state index is 13.7. The van der Waals surface area contributed by atoms with Gasteiger partial charge in [-0.3, -0.25) is 4.79 Å². The number of piperidine rings is 1. The zero-order chi connectivity index (χ0) is 19.5. The Labute approximate surface area is 165 Å². The Morgan fingerprint density at radius 2 is 1.86 bits per heavy atom. The topological polar surface area (TPSA) is 42.4 Å². The molecule has 4 nitrogen and oxygen atoms in total. The van der Waals surface area contributed by atoms with Crippen molar-refractivity contribution in [2.75, 3.05) is 13.1 Å². The van der Waals surface area contributed by atoms with Gasteiger partial charge in [0.2, 0.25) is 0 Å². The predicted molar refractivity (Wildman–Crippen MR) is 103 cm³/mol. The van der Waals surface area contributed by atoms with E-state index in [-0.39, 0.29) is 17.8 Å². The van der Waals surface area contributed by atoms with Crippen LogP contribution in [0.4, 0.5) is 8.78 Å². The third-order valence-electron chi connectivity index (χ3n) is 4.66. The van der Waals surface area contributed by atoms with Crippen molar-refractivity contribution in [3.05, 3.63) is 71.2 Å². The molecule has 0 saturated carbocycles. The van der Waals surface area contributed by atoms with E-state index in [9.17, 15) is 13.6 Å². The molecule has 0 radical (unpaired) electrons. The molecule has 144 valence electrons. The zero-order valence-corrected chi connectivity index (χ0v) is 15.8. The summed E-state index contributed by atoms with van der Waals surface area (Å²) >= 11 is 1.44. The number of carbonyl (C=O) groups is 1. The molecule has 1 aliphatic rings. The molecule has 0 spiro atoms. The summed E-state index contributed by atoms with van der Waals surface area (Å²) in [5, 5.41) is 2.59. The summed E-state index contributed by atoms with van der Waals surface area (Å²) in [5.74, 6) is -1.42. The van der Waals surface area contributed by atoms with Crippen molar-refractivity contribution < 1.29 is 18.3 Å². The number of rotatable bonds is 4. The Morgan fingerprint density at radius 1 is 1.11 bits per heavy atom. The van der Waals surface area contributed by atoms with Crippen molar-refractivity contribution in [1.29, 1.82) is 0 Å². The first kappa shape index (κ1) is 18.6. The molecule has 0 N–H and O–H groups in total. The standard InChI is InChI=1S/C21H18F2N2O2S/c22-15-6-7-19(17(23)12-15)27-16-8-10-25(11-9-16)21(26)18-13-28-20(24-18)14-4-2-1-3-5-14/h1-7,12-13,16H,8-11H2. The monoisotopic (exact) mass is 400 g/mol. The third kappa shape index (κ3) is 4.04. The molecule has 28 heavy (non-hydrogen) atoms. The normalized spacial score (nSPS) is 14.9. The highest BCUT2D eigenvalue weighted by molar-refractivity contribution is 7.13. The van der Waals surface area contributed by atoms with Crippen molar-refractivity contribution in [2.45, 2.75) is 18.9 Å². The van der Waals surface area contributed by atoms with Gasteiger partial charge in [-0.2, -0.15) is 0 Å². The predicted octanol–water partition coefficient (Wildman–Crippen LogP) is 4.77. The van der Waals surface area contributed by atoms with Gasteiger partial charge in [0, 0.05) is 42.9 Å². The van der Waals surface area contributed by atoms with E-state index in [1.807, 2.05) is 30.3 Å². The molecular weight excluding hydrogens is 382 g/mol. The number of hydrogen-bond donors (Lipinski definition) is 0. The van der Waals surface area contributed by atoms with Gasteiger partial charge in [0.25, 0.3) is 5.91 Å². The fraction of sp³-hybridized carbons (Fsp3) is 0.238. The lowest BCUT2D eigenvalue weighted by Crippen LogP contribution is -2.42. The molecule has 2 aromatic carbocycles. The second kappa shape index (κ2) is 8.06. The number of hydrogen-bond acceptors (Lipinski definition) is 4. The van der Waals surface area contributed by atoms with E-state index in [4.69, 9.17) is 4.74 Å². The van der Waals surface area contributed by atoms with Gasteiger partial charge >= 0.3 is 0 Å². The average Bonchev–Trinajstić information content (AvgIpc) is 3.21. The Bertz CT molecular complexity index is 970. The zero-order valence-electron chi connectivity index (χ0n) is 15.0. The van der Waals surface area contributed by atoms with Gasteiger partial charge in [-0.25, -0.2) is 13.8 Å². The lowest BCUT2D eigenvalue weighted by Gasteiger charge is -2.31. The smallest absolute Gasteiger partial charge is 0.273 e. The molecular formula is C21H18F2N2O2S. The van der Waals surface area contributed by atoms with E-state index < -0.39 is 11.6 Å². The van der Waals surface area contributed by atoms with Crippen LogP contribution in [-0.4, -0.2) is 35.0 Å². The van der Waals surface area contributed by atoms with Crippen molar-refractivity contribution in [3.63, 3.8) is 0 Å². The van der Waals surface area contributed by atoms with E-state index in [1.165, 1.54) is 23.5 Å². The summed E-state index contributed by atoms with van der Waals surface area (Å²) in [7, 11) is 0. The van der Waals surface area contributed by atoms with Crippen LogP contribution in [0.1, 0.15) is 23.3 Å². The van der Waals surface area contributed by atoms with Crippen molar-refractivity contribution >= 4 is 17.2 Å². The van der Waals surface area contributed by atoms with Gasteiger partial charge < -0.3 is 9.64 Å². The maximum absolute atomic E-state index is 13.7. The van der Waals surface area contributed by atoms with Crippen LogP contribution in [0.2, 0.25) is 0 Å². The Balaban J connectivity index is 1.36. The molecule has 1 amide bonds. The first-order valence-electron chi connectivity index (χ1n) is 9.02. The lowest BCUT2D eigenvalue weighted by atomic mass is 10.1. The van der Waals surface area contributed by atoms with Gasteiger partial charge in [-0.1, -0.05) is 30.3 Å². The largest absolute Gasteiger partial charge is 0.487 e. The van der Waals surface area contributed by atoms with E-state index in [2.05, 4.69) is 4.98 Å². The van der Waals surface area contributed by atoms with Crippen molar-refractivity contribution in [3.8, 4) is 16.3 Å². The Kier molecular flexibility index (Phi) is 5.34. The number of nitrogens with zero attached hydrogens (tertiary/aromatic N) is 2. The van der Waals surface area contributed by atoms with Gasteiger partial charge in [-0.05, 0) is 12.1 Å². The van der Waals surface area contributed by atoms with Crippen LogP contribution in [0.3, 0.4) is 0 Å². The number of ether oxygens (including phenoxy) is 1. The van der Waals surface area contributed by atoms with Gasteiger partial charge in [0.1, 0.15) is 22.6 Å². The Hall–Kier alpha value is -2.80. The van der Waals surface area contributed by atoms with Crippen molar-refractivity contribution in [2.24, 2.45) is 0 Å². The first-order chi connectivity index (χ1) is 13.6. The molecule has 1 aromatic heterocycles. The summed E-state index contributed by atoms with van der Waals surface area (Å²) in [6, 6.07) is 13.0. The number of thiazole rings is 1. The van der Waals surface area contributed by atoms with E-state index in [0.29, 0.717) is 31.6 Å². The average molecular weight is 400 g/mol. The summed E-state index contributed by atoms with van der Waals surface area (Å²) in [5.41, 5.74) is 1.42. The fourth-order valence-corrected chi connectivity index (χ4v) is 3.97. The molecule has 4 rings (SSSR count). The molecule has 0 unspecified atom stereocenters. The number of carbonyl (C=O) groups excluding carboxylic acids is 1. The van der Waals surface area contributed by atoms with Crippen LogP contribution in [0.5, 0.6) is 5.75 Å². The molecule has 3 aromatic rings. The van der Waals surface area contributed by atoms with Crippen LogP contribution in [0, 0.1) is 11.6 Å². The third-order valence-corrected chi connectivity index (χ3v) is 5.55. The summed E-state index contributed by atoms with van der Waals surface area (Å²) < 4.78 is 32.4. The molecule has 0 bridgehead atoms. The number of aromatic nitrogens is 1. The minimum Gasteiger partial charge on any atom is -0.487 e. The number of likely N-dealkylation sites (tertiary alicyclic amines) is 1. The molecule has 7 heteroatoms. The van der Waals surface area contributed by atoms with Gasteiger partial charge in [0.05, 0.1) is 0 Å². The second-order valence-corrected chi connectivity index (χ2v) is 7.45. The lowest BCUT2D eigenvalue weighted by molar-refractivity contribution is 0.0583. The second-order valence-electron chi connectivity index (χ2n) is 6.59. The van der Waals surface area contributed by atoms with Gasteiger partial charge in [0.15, 0.2) is 11.6 Å². The van der Waals surface area contributed by atoms with Crippen molar-refractivity contribution in [1.82, 2.24) is 9.88 Å².